The molecule has 0 saturated heterocycles. The molecule has 6 heteroatoms. The number of fused-ring (bicyclic) bond motifs is 2. The molecule has 2 atom stereocenters. The van der Waals surface area contributed by atoms with Gasteiger partial charge in [0.2, 0.25) is 5.91 Å². The maximum Gasteiger partial charge on any atom is 0.303 e. The lowest BCUT2D eigenvalue weighted by Crippen LogP contribution is -2.47. The van der Waals surface area contributed by atoms with Crippen LogP contribution in [0.5, 0.6) is 0 Å². The lowest BCUT2D eigenvalue weighted by molar-refractivity contribution is -0.136. The second-order valence-electron chi connectivity index (χ2n) is 7.58. The zero-order valence-electron chi connectivity index (χ0n) is 17.4. The normalized spacial score (nSPS) is 20.3. The highest BCUT2D eigenvalue weighted by atomic mass is 16.4. The van der Waals surface area contributed by atoms with Gasteiger partial charge in [0.15, 0.2) is 0 Å². The Morgan fingerprint density at radius 2 is 2.00 bits per heavy atom. The zero-order chi connectivity index (χ0) is 21.1. The molecule has 1 aromatic carbocycles. The fourth-order valence-electron chi connectivity index (χ4n) is 4.38. The number of carboxylic acid groups (broad SMARTS) is 1. The molecule has 1 aliphatic heterocycles. The Balaban J connectivity index is 0.000000431. The average Bonchev–Trinajstić information content (AvgIpc) is 3.14. The average molecular weight is 397 g/mol. The molecule has 2 aromatic rings. The number of nitrogens with zero attached hydrogens (tertiary/aromatic N) is 2. The number of carbonyl (C=O) groups is 2. The van der Waals surface area contributed by atoms with Crippen molar-refractivity contribution in [2.24, 2.45) is 5.92 Å². The van der Waals surface area contributed by atoms with Crippen molar-refractivity contribution in [1.29, 1.82) is 0 Å². The summed E-state index contributed by atoms with van der Waals surface area (Å²) in [7, 11) is 2.15. The number of aromatic amines is 1. The van der Waals surface area contributed by atoms with Gasteiger partial charge >= 0.3 is 5.97 Å². The molecule has 2 heterocycles. The molecule has 0 bridgehead atoms. The van der Waals surface area contributed by atoms with E-state index in [0.717, 1.165) is 26.1 Å². The molecule has 155 valence electrons. The van der Waals surface area contributed by atoms with Crippen LogP contribution in [-0.2, 0) is 16.0 Å². The molecular formula is C23H30N3O3. The summed E-state index contributed by atoms with van der Waals surface area (Å²) in [6.45, 7) is 9.55. The molecule has 1 radical (unpaired) electrons. The van der Waals surface area contributed by atoms with Crippen molar-refractivity contribution in [1.82, 2.24) is 14.8 Å². The summed E-state index contributed by atoms with van der Waals surface area (Å²) in [4.78, 5) is 29.9. The van der Waals surface area contributed by atoms with Gasteiger partial charge in [-0.3, -0.25) is 14.5 Å². The molecule has 0 unspecified atom stereocenters. The van der Waals surface area contributed by atoms with Crippen LogP contribution in [0.3, 0.4) is 0 Å². The lowest BCUT2D eigenvalue weighted by atomic mass is 9.79. The van der Waals surface area contributed by atoms with Crippen molar-refractivity contribution >= 4 is 28.4 Å². The van der Waals surface area contributed by atoms with E-state index in [1.54, 1.807) is 0 Å². The SMILES string of the molecule is CCN(CC)C(=O)[C@@H]1C=C2c3cccc4[nH]cc(c34)C[C@H]2N(C)C1.[CH2]CC(=O)O. The minimum absolute atomic E-state index is 0.0278. The van der Waals surface area contributed by atoms with Crippen LogP contribution in [-0.4, -0.2) is 64.5 Å². The number of hydrogen-bond acceptors (Lipinski definition) is 3. The van der Waals surface area contributed by atoms with Crippen LogP contribution < -0.4 is 0 Å². The van der Waals surface area contributed by atoms with Gasteiger partial charge in [0.25, 0.3) is 0 Å². The molecule has 0 spiro atoms. The third-order valence-corrected chi connectivity index (χ3v) is 5.87. The van der Waals surface area contributed by atoms with Crippen molar-refractivity contribution < 1.29 is 14.7 Å². The van der Waals surface area contributed by atoms with E-state index in [2.05, 4.69) is 68.2 Å². The number of rotatable bonds is 4. The van der Waals surface area contributed by atoms with Crippen molar-refractivity contribution in [3.8, 4) is 0 Å². The molecule has 0 saturated carbocycles. The number of nitrogens with one attached hydrogen (secondary N) is 1. The predicted octanol–water partition coefficient (Wildman–Crippen LogP) is 3.20. The van der Waals surface area contributed by atoms with Crippen LogP contribution >= 0.6 is 0 Å². The minimum Gasteiger partial charge on any atom is -0.481 e. The van der Waals surface area contributed by atoms with Gasteiger partial charge in [-0.25, -0.2) is 0 Å². The third-order valence-electron chi connectivity index (χ3n) is 5.87. The van der Waals surface area contributed by atoms with Crippen LogP contribution in [0.15, 0.2) is 30.5 Å². The summed E-state index contributed by atoms with van der Waals surface area (Å²) in [6, 6.07) is 6.82. The molecule has 1 aromatic heterocycles. The fraction of sp³-hybridized carbons (Fsp3) is 0.435. The number of aromatic nitrogens is 1. The number of likely N-dealkylation sites (N-methyl/N-ethyl adjacent to an activating group) is 1. The molecule has 6 nitrogen and oxygen atoms in total. The second-order valence-corrected chi connectivity index (χ2v) is 7.58. The first-order valence-electron chi connectivity index (χ1n) is 10.2. The topological polar surface area (TPSA) is 76.6 Å². The maximum atomic E-state index is 12.9. The number of carbonyl (C=O) groups excluding carboxylic acids is 1. The Kier molecular flexibility index (Phi) is 6.42. The number of H-pyrrole nitrogens is 1. The molecule has 4 rings (SSSR count). The number of amides is 1. The van der Waals surface area contributed by atoms with Crippen LogP contribution in [0.25, 0.3) is 16.5 Å². The maximum absolute atomic E-state index is 12.9. The minimum atomic E-state index is -0.856. The van der Waals surface area contributed by atoms with Gasteiger partial charge in [0, 0.05) is 49.2 Å². The van der Waals surface area contributed by atoms with Crippen molar-refractivity contribution in [3.05, 3.63) is 48.5 Å². The van der Waals surface area contributed by atoms with E-state index in [1.807, 2.05) is 4.90 Å². The highest BCUT2D eigenvalue weighted by molar-refractivity contribution is 5.99. The third kappa shape index (κ3) is 4.08. The van der Waals surface area contributed by atoms with E-state index < -0.39 is 5.97 Å². The summed E-state index contributed by atoms with van der Waals surface area (Å²) in [5.74, 6) is -0.647. The van der Waals surface area contributed by atoms with Crippen LogP contribution in [0.1, 0.15) is 31.4 Å². The van der Waals surface area contributed by atoms with Gasteiger partial charge in [-0.15, -0.1) is 0 Å². The molecule has 1 amide bonds. The van der Waals surface area contributed by atoms with Crippen molar-refractivity contribution in [2.75, 3.05) is 26.7 Å². The predicted molar refractivity (Wildman–Crippen MR) is 115 cm³/mol. The summed E-state index contributed by atoms with van der Waals surface area (Å²) in [5.41, 5.74) is 5.21. The van der Waals surface area contributed by atoms with Gasteiger partial charge in [-0.1, -0.05) is 18.2 Å². The summed E-state index contributed by atoms with van der Waals surface area (Å²) in [5, 5.41) is 9.00. The van der Waals surface area contributed by atoms with E-state index in [9.17, 15) is 9.59 Å². The highest BCUT2D eigenvalue weighted by Crippen LogP contribution is 2.40. The van der Waals surface area contributed by atoms with E-state index >= 15 is 0 Å². The van der Waals surface area contributed by atoms with E-state index in [-0.39, 0.29) is 18.2 Å². The molecule has 2 N–H and O–H groups in total. The van der Waals surface area contributed by atoms with Crippen LogP contribution in [0, 0.1) is 12.8 Å². The Morgan fingerprint density at radius 3 is 2.62 bits per heavy atom. The summed E-state index contributed by atoms with van der Waals surface area (Å²) in [6.07, 6.45) is 5.38. The molecule has 2 aliphatic rings. The Hall–Kier alpha value is -2.60. The Morgan fingerprint density at radius 1 is 1.31 bits per heavy atom. The first kappa shape index (κ1) is 21.1. The van der Waals surface area contributed by atoms with E-state index in [1.165, 1.54) is 27.6 Å². The zero-order valence-corrected chi connectivity index (χ0v) is 17.4. The Labute approximate surface area is 172 Å². The standard InChI is InChI=1S/C20H25N3O.C3H5O2/c1-4-23(5-2)20(24)14-9-16-15-7-6-8-17-19(15)13(11-21-17)10-18(16)22(3)12-14;1-2-3(4)5/h6-9,11,14,18,21H,4-5,10,12H2,1-3H3;1-2H2,(H,4,5)/t14-,18-;/m1./s1. The quantitative estimate of drug-likeness (QED) is 0.832. The van der Waals surface area contributed by atoms with Crippen molar-refractivity contribution in [2.45, 2.75) is 32.7 Å². The van der Waals surface area contributed by atoms with E-state index in [0.29, 0.717) is 6.04 Å². The molecule has 1 aliphatic carbocycles. The first-order valence-corrected chi connectivity index (χ1v) is 10.2. The van der Waals surface area contributed by atoms with Gasteiger partial charge in [-0.05, 0) is 57.0 Å². The monoisotopic (exact) mass is 396 g/mol. The number of benzene rings is 1. The number of aliphatic carboxylic acids is 1. The summed E-state index contributed by atoms with van der Waals surface area (Å²) < 4.78 is 0. The van der Waals surface area contributed by atoms with Gasteiger partial charge in [0.1, 0.15) is 0 Å². The Bertz CT molecular complexity index is 927. The smallest absolute Gasteiger partial charge is 0.303 e. The van der Waals surface area contributed by atoms with Crippen LogP contribution in [0.2, 0.25) is 0 Å². The first-order chi connectivity index (χ1) is 13.9. The van der Waals surface area contributed by atoms with Gasteiger partial charge < -0.3 is 15.0 Å². The fourth-order valence-corrected chi connectivity index (χ4v) is 4.38. The van der Waals surface area contributed by atoms with Gasteiger partial charge in [-0.2, -0.15) is 0 Å². The number of hydrogen-bond donors (Lipinski definition) is 2. The molecular weight excluding hydrogens is 366 g/mol. The highest BCUT2D eigenvalue weighted by Gasteiger charge is 2.36. The number of carboxylic acids is 1. The molecule has 29 heavy (non-hydrogen) atoms. The largest absolute Gasteiger partial charge is 0.481 e. The summed E-state index contributed by atoms with van der Waals surface area (Å²) >= 11 is 0. The second kappa shape index (κ2) is 8.82. The van der Waals surface area contributed by atoms with Crippen LogP contribution in [0.4, 0.5) is 0 Å². The molecule has 0 fully saturated rings. The lowest BCUT2D eigenvalue weighted by Gasteiger charge is -2.40. The van der Waals surface area contributed by atoms with E-state index in [4.69, 9.17) is 5.11 Å². The van der Waals surface area contributed by atoms with Crippen molar-refractivity contribution in [3.63, 3.8) is 0 Å². The van der Waals surface area contributed by atoms with Gasteiger partial charge in [0.05, 0.1) is 5.92 Å².